The van der Waals surface area contributed by atoms with Crippen molar-refractivity contribution in [2.24, 2.45) is 0 Å². The quantitative estimate of drug-likeness (QED) is 0.200. The number of hydrogen-bond donors (Lipinski definition) is 4. The molecule has 0 unspecified atom stereocenters. The van der Waals surface area contributed by atoms with Crippen LogP contribution in [0.1, 0.15) is 11.3 Å². The first-order valence-corrected chi connectivity index (χ1v) is 9.83. The smallest absolute Gasteiger partial charge is 0.417 e. The van der Waals surface area contributed by atoms with E-state index in [0.29, 0.717) is 22.9 Å². The highest BCUT2D eigenvalue weighted by Gasteiger charge is 2.33. The average Bonchev–Trinajstić information content (AvgIpc) is 2.79. The molecule has 0 aliphatic heterocycles. The number of benzene rings is 2. The maximum atomic E-state index is 13.0. The molecular formula is C22H16ClF3N4O4. The number of nitrogens with one attached hydrogen (secondary N) is 3. The second-order valence-corrected chi connectivity index (χ2v) is 7.03. The Morgan fingerprint density at radius 2 is 1.65 bits per heavy atom. The molecule has 4 N–H and O–H groups in total. The molecule has 0 bridgehead atoms. The summed E-state index contributed by atoms with van der Waals surface area (Å²) >= 11 is 5.57. The molecule has 0 spiro atoms. The molecule has 0 saturated carbocycles. The molecule has 0 aliphatic carbocycles. The van der Waals surface area contributed by atoms with Gasteiger partial charge in [0.25, 0.3) is 5.91 Å². The zero-order valence-electron chi connectivity index (χ0n) is 17.1. The van der Waals surface area contributed by atoms with E-state index in [9.17, 15) is 22.8 Å². The number of carbonyl (C=O) groups is 2. The number of urea groups is 1. The second kappa shape index (κ2) is 10.7. The number of aromatic nitrogens is 1. The van der Waals surface area contributed by atoms with Gasteiger partial charge in [0.1, 0.15) is 11.5 Å². The van der Waals surface area contributed by atoms with Crippen LogP contribution in [0.5, 0.6) is 11.5 Å². The zero-order valence-corrected chi connectivity index (χ0v) is 17.8. The van der Waals surface area contributed by atoms with Crippen LogP contribution in [0, 0.1) is 0 Å². The fraction of sp³-hybridized carbons (Fsp3) is 0.0455. The van der Waals surface area contributed by atoms with Crippen LogP contribution in [-0.4, -0.2) is 22.1 Å². The number of ether oxygens (including phenoxy) is 1. The van der Waals surface area contributed by atoms with Crippen molar-refractivity contribution in [3.63, 3.8) is 0 Å². The average molecular weight is 493 g/mol. The third kappa shape index (κ3) is 6.95. The fourth-order valence-electron chi connectivity index (χ4n) is 2.64. The highest BCUT2D eigenvalue weighted by Crippen LogP contribution is 2.36. The monoisotopic (exact) mass is 492 g/mol. The van der Waals surface area contributed by atoms with E-state index in [1.165, 1.54) is 36.0 Å². The summed E-state index contributed by atoms with van der Waals surface area (Å²) in [5, 5.41) is 12.8. The van der Waals surface area contributed by atoms with Crippen LogP contribution in [-0.2, 0) is 11.0 Å². The lowest BCUT2D eigenvalue weighted by molar-refractivity contribution is -0.137. The highest BCUT2D eigenvalue weighted by atomic mass is 35.5. The molecule has 34 heavy (non-hydrogen) atoms. The van der Waals surface area contributed by atoms with E-state index in [4.69, 9.17) is 21.5 Å². The van der Waals surface area contributed by atoms with Crippen LogP contribution in [0.15, 0.2) is 66.9 Å². The summed E-state index contributed by atoms with van der Waals surface area (Å²) < 4.78 is 44.6. The number of anilines is 2. The predicted octanol–water partition coefficient (Wildman–Crippen LogP) is 5.71. The summed E-state index contributed by atoms with van der Waals surface area (Å²) in [6, 6.07) is 11.6. The molecule has 1 aromatic heterocycles. The van der Waals surface area contributed by atoms with Gasteiger partial charge in [-0.1, -0.05) is 11.6 Å². The number of hydroxylamine groups is 1. The minimum absolute atomic E-state index is 0.0758. The second-order valence-electron chi connectivity index (χ2n) is 6.62. The summed E-state index contributed by atoms with van der Waals surface area (Å²) in [6.45, 7) is 0. The summed E-state index contributed by atoms with van der Waals surface area (Å²) in [4.78, 5) is 27.2. The Balaban J connectivity index is 1.61. The van der Waals surface area contributed by atoms with E-state index in [1.807, 2.05) is 0 Å². The van der Waals surface area contributed by atoms with Crippen LogP contribution >= 0.6 is 11.6 Å². The third-order valence-corrected chi connectivity index (χ3v) is 4.48. The van der Waals surface area contributed by atoms with Crippen LogP contribution in [0.4, 0.5) is 29.3 Å². The van der Waals surface area contributed by atoms with Crippen molar-refractivity contribution < 1.29 is 32.7 Å². The lowest BCUT2D eigenvalue weighted by Crippen LogP contribution is -2.19. The van der Waals surface area contributed by atoms with Crippen molar-refractivity contribution in [3.8, 4) is 11.5 Å². The van der Waals surface area contributed by atoms with Crippen molar-refractivity contribution in [2.75, 3.05) is 10.6 Å². The molecule has 3 aromatic rings. The summed E-state index contributed by atoms with van der Waals surface area (Å²) in [6.07, 6.45) is -0.720. The topological polar surface area (TPSA) is 113 Å². The molecule has 0 atom stereocenters. The predicted molar refractivity (Wildman–Crippen MR) is 119 cm³/mol. The first kappa shape index (κ1) is 24.6. The Hall–Kier alpha value is -4.09. The molecular weight excluding hydrogens is 477 g/mol. The van der Waals surface area contributed by atoms with Gasteiger partial charge in [-0.05, 0) is 54.6 Å². The van der Waals surface area contributed by atoms with E-state index < -0.39 is 28.7 Å². The molecule has 0 saturated heterocycles. The van der Waals surface area contributed by atoms with Crippen molar-refractivity contribution in [3.05, 3.63) is 83.2 Å². The van der Waals surface area contributed by atoms with Gasteiger partial charge in [0, 0.05) is 29.7 Å². The van der Waals surface area contributed by atoms with Gasteiger partial charge in [-0.15, -0.1) is 0 Å². The first-order valence-electron chi connectivity index (χ1n) is 9.45. The Labute approximate surface area is 196 Å². The van der Waals surface area contributed by atoms with E-state index in [0.717, 1.165) is 18.2 Å². The maximum Gasteiger partial charge on any atom is 0.417 e. The molecule has 2 aromatic carbocycles. The van der Waals surface area contributed by atoms with Gasteiger partial charge >= 0.3 is 12.2 Å². The van der Waals surface area contributed by atoms with Gasteiger partial charge in [-0.2, -0.15) is 13.2 Å². The number of alkyl halides is 3. The Bertz CT molecular complexity index is 1220. The van der Waals surface area contributed by atoms with Gasteiger partial charge in [0.05, 0.1) is 16.3 Å². The molecule has 0 fully saturated rings. The number of halogens is 4. The van der Waals surface area contributed by atoms with E-state index >= 15 is 0 Å². The minimum Gasteiger partial charge on any atom is -0.457 e. The van der Waals surface area contributed by atoms with Gasteiger partial charge in [0.15, 0.2) is 0 Å². The molecule has 0 aliphatic rings. The van der Waals surface area contributed by atoms with Gasteiger partial charge < -0.3 is 15.4 Å². The number of amides is 3. The van der Waals surface area contributed by atoms with Gasteiger partial charge in [-0.25, -0.2) is 10.3 Å². The Morgan fingerprint density at radius 3 is 2.32 bits per heavy atom. The normalized spacial score (nSPS) is 11.2. The van der Waals surface area contributed by atoms with E-state index in [-0.39, 0.29) is 5.69 Å². The first-order chi connectivity index (χ1) is 16.1. The highest BCUT2D eigenvalue weighted by molar-refractivity contribution is 6.31. The number of carbonyl (C=O) groups excluding carboxylic acids is 2. The summed E-state index contributed by atoms with van der Waals surface area (Å²) in [5.41, 5.74) is 1.10. The van der Waals surface area contributed by atoms with Crippen molar-refractivity contribution in [1.29, 1.82) is 0 Å². The third-order valence-electron chi connectivity index (χ3n) is 4.15. The number of hydrogen-bond acceptors (Lipinski definition) is 5. The van der Waals surface area contributed by atoms with E-state index in [2.05, 4.69) is 15.6 Å². The largest absolute Gasteiger partial charge is 0.457 e. The van der Waals surface area contributed by atoms with Crippen LogP contribution in [0.3, 0.4) is 0 Å². The molecule has 8 nitrogen and oxygen atoms in total. The Morgan fingerprint density at radius 1 is 0.971 bits per heavy atom. The molecule has 12 heteroatoms. The Kier molecular flexibility index (Phi) is 7.71. The van der Waals surface area contributed by atoms with Crippen molar-refractivity contribution >= 4 is 41.0 Å². The standard InChI is InChI=1S/C22H16ClF3N4O4/c23-19-7-3-15(12-18(19)22(24,25)26)29-21(32)28-13-1-5-16(6-2-13)34-17-9-10-27-14(11-17)4-8-20(31)30-33/h1-12,33H,(H,30,31)(H2,28,29,32). The van der Waals surface area contributed by atoms with Gasteiger partial charge in [0.2, 0.25) is 0 Å². The maximum absolute atomic E-state index is 13.0. The van der Waals surface area contributed by atoms with Crippen molar-refractivity contribution in [1.82, 2.24) is 10.5 Å². The van der Waals surface area contributed by atoms with Gasteiger partial charge in [-0.3, -0.25) is 15.0 Å². The minimum atomic E-state index is -4.65. The van der Waals surface area contributed by atoms with Crippen LogP contribution in [0.2, 0.25) is 5.02 Å². The van der Waals surface area contributed by atoms with E-state index in [1.54, 1.807) is 24.3 Å². The summed E-state index contributed by atoms with van der Waals surface area (Å²) in [5.74, 6) is 0.130. The zero-order chi connectivity index (χ0) is 24.7. The lowest BCUT2D eigenvalue weighted by Gasteiger charge is -2.12. The van der Waals surface area contributed by atoms with Crippen LogP contribution in [0.25, 0.3) is 6.08 Å². The number of pyridine rings is 1. The molecule has 0 radical (unpaired) electrons. The summed E-state index contributed by atoms with van der Waals surface area (Å²) in [7, 11) is 0. The fourth-order valence-corrected chi connectivity index (χ4v) is 2.86. The SMILES string of the molecule is O=C(C=Cc1cc(Oc2ccc(NC(=O)Nc3ccc(Cl)c(C(F)(F)F)c3)cc2)ccn1)NO. The number of rotatable bonds is 6. The van der Waals surface area contributed by atoms with Crippen LogP contribution < -0.4 is 20.9 Å². The van der Waals surface area contributed by atoms with Crippen molar-refractivity contribution in [2.45, 2.75) is 6.18 Å². The molecule has 3 amide bonds. The molecule has 3 rings (SSSR count). The molecule has 1 heterocycles. The molecule has 176 valence electrons. The number of nitrogens with zero attached hydrogens (tertiary/aromatic N) is 1. The lowest BCUT2D eigenvalue weighted by atomic mass is 10.2.